The number of hydrogen-bond donors (Lipinski definition) is 1. The van der Waals surface area contributed by atoms with Crippen LogP contribution >= 0.6 is 0 Å². The van der Waals surface area contributed by atoms with Gasteiger partial charge in [0.05, 0.1) is 23.6 Å². The molecule has 0 radical (unpaired) electrons. The van der Waals surface area contributed by atoms with Gasteiger partial charge in [-0.25, -0.2) is 4.79 Å². The van der Waals surface area contributed by atoms with Crippen LogP contribution in [0.4, 0.5) is 0 Å². The first-order valence-electron chi connectivity index (χ1n) is 7.42. The quantitative estimate of drug-likeness (QED) is 0.780. The van der Waals surface area contributed by atoms with E-state index < -0.39 is 11.5 Å². The van der Waals surface area contributed by atoms with E-state index >= 15 is 0 Å². The second-order valence-electron chi connectivity index (χ2n) is 6.03. The second-order valence-corrected chi connectivity index (χ2v) is 6.03. The Kier molecular flexibility index (Phi) is 6.15. The smallest absolute Gasteiger partial charge is 0.337 e. The van der Waals surface area contributed by atoms with Crippen molar-refractivity contribution >= 4 is 17.5 Å². The molecule has 1 rings (SSSR count). The number of rotatable bonds is 7. The number of methoxy groups -OCH3 is 1. The van der Waals surface area contributed by atoms with Crippen LogP contribution in [0, 0.1) is 5.92 Å². The molecule has 126 valence electrons. The van der Waals surface area contributed by atoms with Crippen LogP contribution in [0.1, 0.15) is 56.2 Å². The normalized spacial score (nSPS) is 14.7. The van der Waals surface area contributed by atoms with Gasteiger partial charge in [0, 0.05) is 13.3 Å². The number of carbonyl (C=O) groups excluding carboxylic acids is 1. The van der Waals surface area contributed by atoms with Gasteiger partial charge in [0.25, 0.3) is 0 Å². The van der Waals surface area contributed by atoms with Crippen LogP contribution in [-0.4, -0.2) is 40.2 Å². The van der Waals surface area contributed by atoms with Crippen molar-refractivity contribution in [2.75, 3.05) is 7.11 Å². The molecule has 23 heavy (non-hydrogen) atoms. The average Bonchev–Trinajstić information content (AvgIpc) is 2.46. The monoisotopic (exact) mass is 320 g/mol. The van der Waals surface area contributed by atoms with Crippen LogP contribution in [0.5, 0.6) is 0 Å². The summed E-state index contributed by atoms with van der Waals surface area (Å²) in [5.41, 5.74) is 0.505. The van der Waals surface area contributed by atoms with Crippen molar-refractivity contribution in [3.05, 3.63) is 29.1 Å². The summed E-state index contributed by atoms with van der Waals surface area (Å²) < 4.78 is 5.00. The molecule has 0 amide bonds. The van der Waals surface area contributed by atoms with E-state index in [1.165, 1.54) is 20.1 Å². The molecule has 0 aliphatic heterocycles. The fraction of sp³-hybridized carbons (Fsp3) is 0.529. The van der Waals surface area contributed by atoms with Crippen molar-refractivity contribution in [3.63, 3.8) is 0 Å². The zero-order valence-corrected chi connectivity index (χ0v) is 14.5. The molecule has 0 bridgehead atoms. The summed E-state index contributed by atoms with van der Waals surface area (Å²) in [4.78, 5) is 32.2. The highest BCUT2D eigenvalue weighted by Gasteiger charge is 2.33. The van der Waals surface area contributed by atoms with Crippen LogP contribution < -0.4 is 0 Å². The van der Waals surface area contributed by atoms with E-state index in [1.54, 1.807) is 20.0 Å². The highest BCUT2D eigenvalue weighted by Crippen LogP contribution is 2.24. The minimum atomic E-state index is -1.09. The standard InChI is InChI=1S/C17H24N2O4/c1-10(2)17(5,12(4)20)19-11(3)15-14(16(21)22)7-13(8-18-15)9-23-6/h7-8,10H,9H2,1-6H3,(H,21,22). The van der Waals surface area contributed by atoms with Crippen molar-refractivity contribution in [1.29, 1.82) is 0 Å². The number of aromatic carboxylic acids is 1. The van der Waals surface area contributed by atoms with Gasteiger partial charge in [-0.15, -0.1) is 0 Å². The molecule has 1 unspecified atom stereocenters. The summed E-state index contributed by atoms with van der Waals surface area (Å²) in [5.74, 6) is -1.18. The van der Waals surface area contributed by atoms with Gasteiger partial charge < -0.3 is 9.84 Å². The van der Waals surface area contributed by atoms with Crippen molar-refractivity contribution in [2.45, 2.75) is 46.8 Å². The topological polar surface area (TPSA) is 88.9 Å². The maximum Gasteiger partial charge on any atom is 0.337 e. The van der Waals surface area contributed by atoms with Gasteiger partial charge in [0.2, 0.25) is 0 Å². The summed E-state index contributed by atoms with van der Waals surface area (Å²) in [6.45, 7) is 9.01. The molecular formula is C17H24N2O4. The van der Waals surface area contributed by atoms with Gasteiger partial charge >= 0.3 is 5.97 Å². The largest absolute Gasteiger partial charge is 0.478 e. The first-order valence-corrected chi connectivity index (χ1v) is 7.42. The van der Waals surface area contributed by atoms with E-state index in [0.717, 1.165) is 0 Å². The molecule has 0 aliphatic rings. The minimum absolute atomic E-state index is 0.0176. The number of Topliss-reactive ketones (excluding diaryl/α,β-unsaturated/α-hetero) is 1. The molecule has 1 atom stereocenters. The lowest BCUT2D eigenvalue weighted by molar-refractivity contribution is -0.122. The number of carbonyl (C=O) groups is 2. The summed E-state index contributed by atoms with van der Waals surface area (Å²) in [5, 5.41) is 9.42. The van der Waals surface area contributed by atoms with E-state index in [0.29, 0.717) is 11.3 Å². The lowest BCUT2D eigenvalue weighted by Crippen LogP contribution is -2.38. The Hall–Kier alpha value is -2.08. The third kappa shape index (κ3) is 4.22. The molecule has 0 aromatic carbocycles. The number of ether oxygens (including phenoxy) is 1. The van der Waals surface area contributed by atoms with E-state index in [-0.39, 0.29) is 29.6 Å². The first kappa shape index (κ1) is 19.0. The van der Waals surface area contributed by atoms with Gasteiger partial charge in [-0.1, -0.05) is 13.8 Å². The highest BCUT2D eigenvalue weighted by molar-refractivity contribution is 6.07. The minimum Gasteiger partial charge on any atom is -0.478 e. The number of carboxylic acid groups (broad SMARTS) is 1. The molecule has 0 fully saturated rings. The Morgan fingerprint density at radius 1 is 1.39 bits per heavy atom. The van der Waals surface area contributed by atoms with Crippen molar-refractivity contribution in [2.24, 2.45) is 10.9 Å². The van der Waals surface area contributed by atoms with E-state index in [2.05, 4.69) is 9.98 Å². The number of ketones is 1. The van der Waals surface area contributed by atoms with Gasteiger partial charge in [-0.05, 0) is 38.3 Å². The molecule has 1 heterocycles. The number of aliphatic imine (C=N–C) groups is 1. The third-order valence-corrected chi connectivity index (χ3v) is 4.07. The number of pyridine rings is 1. The fourth-order valence-electron chi connectivity index (χ4n) is 2.22. The zero-order chi connectivity index (χ0) is 17.8. The molecule has 0 spiro atoms. The molecular weight excluding hydrogens is 296 g/mol. The Labute approximate surface area is 136 Å². The molecule has 1 aromatic heterocycles. The fourth-order valence-corrected chi connectivity index (χ4v) is 2.22. The summed E-state index contributed by atoms with van der Waals surface area (Å²) in [7, 11) is 1.53. The van der Waals surface area contributed by atoms with Crippen LogP contribution in [0.15, 0.2) is 17.3 Å². The maximum atomic E-state index is 12.0. The highest BCUT2D eigenvalue weighted by atomic mass is 16.5. The summed E-state index contributed by atoms with van der Waals surface area (Å²) >= 11 is 0. The molecule has 6 nitrogen and oxygen atoms in total. The zero-order valence-electron chi connectivity index (χ0n) is 14.5. The van der Waals surface area contributed by atoms with E-state index in [4.69, 9.17) is 4.74 Å². The van der Waals surface area contributed by atoms with Gasteiger partial charge in [-0.2, -0.15) is 0 Å². The van der Waals surface area contributed by atoms with Crippen LogP contribution in [0.2, 0.25) is 0 Å². The number of aromatic nitrogens is 1. The summed E-state index contributed by atoms with van der Waals surface area (Å²) in [6.07, 6.45) is 1.56. The third-order valence-electron chi connectivity index (χ3n) is 4.07. The Morgan fingerprint density at radius 2 is 2.00 bits per heavy atom. The van der Waals surface area contributed by atoms with Gasteiger partial charge in [-0.3, -0.25) is 14.8 Å². The van der Waals surface area contributed by atoms with E-state index in [1.807, 2.05) is 13.8 Å². The first-order chi connectivity index (χ1) is 10.6. The molecule has 0 saturated carbocycles. The lowest BCUT2D eigenvalue weighted by atomic mass is 9.85. The maximum absolute atomic E-state index is 12.0. The SMILES string of the molecule is COCc1cnc(C(C)=NC(C)(C(C)=O)C(C)C)c(C(=O)O)c1. The van der Waals surface area contributed by atoms with E-state index in [9.17, 15) is 14.7 Å². The molecule has 6 heteroatoms. The lowest BCUT2D eigenvalue weighted by Gasteiger charge is -2.27. The van der Waals surface area contributed by atoms with Crippen LogP contribution in [0.25, 0.3) is 0 Å². The summed E-state index contributed by atoms with van der Waals surface area (Å²) in [6, 6.07) is 1.52. The van der Waals surface area contributed by atoms with Crippen molar-refractivity contribution < 1.29 is 19.4 Å². The molecule has 1 aromatic rings. The number of carboxylic acids is 1. The molecule has 0 saturated heterocycles. The predicted molar refractivity (Wildman–Crippen MR) is 88.0 cm³/mol. The molecule has 0 aliphatic carbocycles. The van der Waals surface area contributed by atoms with Gasteiger partial charge in [0.1, 0.15) is 5.54 Å². The number of nitrogens with zero attached hydrogens (tertiary/aromatic N) is 2. The Morgan fingerprint density at radius 3 is 2.43 bits per heavy atom. The number of hydrogen-bond acceptors (Lipinski definition) is 5. The van der Waals surface area contributed by atoms with Gasteiger partial charge in [0.15, 0.2) is 5.78 Å². The Bertz CT molecular complexity index is 637. The van der Waals surface area contributed by atoms with Crippen molar-refractivity contribution in [1.82, 2.24) is 4.98 Å². The van der Waals surface area contributed by atoms with Crippen LogP contribution in [-0.2, 0) is 16.1 Å². The average molecular weight is 320 g/mol. The van der Waals surface area contributed by atoms with Crippen LogP contribution in [0.3, 0.4) is 0 Å². The molecule has 1 N–H and O–H groups in total. The Balaban J connectivity index is 3.41. The van der Waals surface area contributed by atoms with Crippen molar-refractivity contribution in [3.8, 4) is 0 Å². The predicted octanol–water partition coefficient (Wildman–Crippen LogP) is 2.74. The second kappa shape index (κ2) is 7.46.